The SMILES string of the molecule is CCc1cc(OC)ccc1-c1cccc2cc3n(c12)CCNCC3. The van der Waals surface area contributed by atoms with Crippen molar-refractivity contribution >= 4 is 10.9 Å². The van der Waals surface area contributed by atoms with Gasteiger partial charge >= 0.3 is 0 Å². The number of ether oxygens (including phenoxy) is 1. The molecule has 3 nitrogen and oxygen atoms in total. The molecule has 0 unspecified atom stereocenters. The zero-order valence-electron chi connectivity index (χ0n) is 14.4. The van der Waals surface area contributed by atoms with Gasteiger partial charge in [0.15, 0.2) is 0 Å². The molecular weight excluding hydrogens is 296 g/mol. The molecule has 1 aliphatic heterocycles. The number of para-hydroxylation sites is 1. The highest BCUT2D eigenvalue weighted by atomic mass is 16.5. The van der Waals surface area contributed by atoms with Crippen molar-refractivity contribution in [3.63, 3.8) is 0 Å². The predicted octanol–water partition coefficient (Wildman–Crippen LogP) is 4.03. The van der Waals surface area contributed by atoms with Crippen LogP contribution in [-0.4, -0.2) is 24.8 Å². The van der Waals surface area contributed by atoms with Crippen molar-refractivity contribution in [3.05, 3.63) is 53.7 Å². The molecule has 2 aromatic carbocycles. The van der Waals surface area contributed by atoms with E-state index in [-0.39, 0.29) is 0 Å². The Kier molecular flexibility index (Phi) is 4.03. The molecule has 3 aromatic rings. The van der Waals surface area contributed by atoms with Crippen LogP contribution >= 0.6 is 0 Å². The lowest BCUT2D eigenvalue weighted by Gasteiger charge is -2.14. The minimum atomic E-state index is 0.931. The number of hydrogen-bond donors (Lipinski definition) is 1. The van der Waals surface area contributed by atoms with Crippen LogP contribution in [0.1, 0.15) is 18.2 Å². The molecule has 24 heavy (non-hydrogen) atoms. The van der Waals surface area contributed by atoms with Gasteiger partial charge in [-0.15, -0.1) is 0 Å². The van der Waals surface area contributed by atoms with E-state index in [0.717, 1.165) is 38.2 Å². The zero-order valence-corrected chi connectivity index (χ0v) is 14.4. The van der Waals surface area contributed by atoms with E-state index < -0.39 is 0 Å². The van der Waals surface area contributed by atoms with Crippen molar-refractivity contribution < 1.29 is 4.74 Å². The van der Waals surface area contributed by atoms with E-state index in [1.165, 1.54) is 33.3 Å². The third kappa shape index (κ3) is 2.49. The van der Waals surface area contributed by atoms with Crippen molar-refractivity contribution in [1.82, 2.24) is 9.88 Å². The number of nitrogens with one attached hydrogen (secondary N) is 1. The van der Waals surface area contributed by atoms with E-state index in [1.807, 2.05) is 0 Å². The third-order valence-electron chi connectivity index (χ3n) is 5.06. The number of benzene rings is 2. The first-order valence-electron chi connectivity index (χ1n) is 8.81. The van der Waals surface area contributed by atoms with Gasteiger partial charge in [0, 0.05) is 42.7 Å². The Morgan fingerprint density at radius 2 is 2.00 bits per heavy atom. The van der Waals surface area contributed by atoms with Gasteiger partial charge in [-0.25, -0.2) is 0 Å². The van der Waals surface area contributed by atoms with Crippen molar-refractivity contribution in [1.29, 1.82) is 0 Å². The highest BCUT2D eigenvalue weighted by Gasteiger charge is 2.16. The van der Waals surface area contributed by atoms with E-state index in [4.69, 9.17) is 4.74 Å². The van der Waals surface area contributed by atoms with Crippen LogP contribution < -0.4 is 10.1 Å². The van der Waals surface area contributed by atoms with Gasteiger partial charge in [-0.2, -0.15) is 0 Å². The number of fused-ring (bicyclic) bond motifs is 3. The Bertz CT molecular complexity index is 879. The molecule has 0 aliphatic carbocycles. The minimum absolute atomic E-state index is 0.931. The smallest absolute Gasteiger partial charge is 0.119 e. The maximum absolute atomic E-state index is 5.41. The van der Waals surface area contributed by atoms with Crippen LogP contribution in [-0.2, 0) is 19.4 Å². The Hall–Kier alpha value is -2.26. The topological polar surface area (TPSA) is 26.2 Å². The lowest BCUT2D eigenvalue weighted by atomic mass is 9.96. The zero-order chi connectivity index (χ0) is 16.5. The quantitative estimate of drug-likeness (QED) is 0.789. The summed E-state index contributed by atoms with van der Waals surface area (Å²) in [5.74, 6) is 0.931. The van der Waals surface area contributed by atoms with E-state index >= 15 is 0 Å². The monoisotopic (exact) mass is 320 g/mol. The molecular formula is C21H24N2O. The summed E-state index contributed by atoms with van der Waals surface area (Å²) >= 11 is 0. The fourth-order valence-electron chi connectivity index (χ4n) is 3.84. The summed E-state index contributed by atoms with van der Waals surface area (Å²) < 4.78 is 7.92. The van der Waals surface area contributed by atoms with Gasteiger partial charge in [0.05, 0.1) is 12.6 Å². The van der Waals surface area contributed by atoms with Crippen LogP contribution in [0, 0.1) is 0 Å². The van der Waals surface area contributed by atoms with Crippen molar-refractivity contribution in [3.8, 4) is 16.9 Å². The van der Waals surface area contributed by atoms with E-state index in [1.54, 1.807) is 7.11 Å². The molecule has 3 heteroatoms. The van der Waals surface area contributed by atoms with Gasteiger partial charge in [0.2, 0.25) is 0 Å². The predicted molar refractivity (Wildman–Crippen MR) is 99.9 cm³/mol. The van der Waals surface area contributed by atoms with Crippen molar-refractivity contribution in [2.24, 2.45) is 0 Å². The molecule has 0 spiro atoms. The summed E-state index contributed by atoms with van der Waals surface area (Å²) in [6, 6.07) is 15.5. The summed E-state index contributed by atoms with van der Waals surface area (Å²) in [7, 11) is 1.73. The number of rotatable bonds is 3. The Morgan fingerprint density at radius 3 is 2.83 bits per heavy atom. The summed E-state index contributed by atoms with van der Waals surface area (Å²) in [6.45, 7) is 5.34. The largest absolute Gasteiger partial charge is 0.497 e. The van der Waals surface area contributed by atoms with Crippen LogP contribution in [0.3, 0.4) is 0 Å². The molecule has 4 rings (SSSR count). The molecule has 0 saturated carbocycles. The average molecular weight is 320 g/mol. The molecule has 1 aromatic heterocycles. The van der Waals surface area contributed by atoms with E-state index in [2.05, 4.69) is 59.3 Å². The van der Waals surface area contributed by atoms with Crippen LogP contribution in [0.5, 0.6) is 5.75 Å². The van der Waals surface area contributed by atoms with Gasteiger partial charge in [-0.05, 0) is 35.7 Å². The normalized spacial score (nSPS) is 14.4. The summed E-state index contributed by atoms with van der Waals surface area (Å²) in [6.07, 6.45) is 2.09. The molecule has 0 amide bonds. The molecule has 124 valence electrons. The second kappa shape index (κ2) is 6.33. The first-order valence-corrected chi connectivity index (χ1v) is 8.81. The standard InChI is InChI=1S/C21H24N2O/c1-3-15-14-18(24-2)7-8-19(15)20-6-4-5-16-13-17-9-10-22-11-12-23(17)21(16)20/h4-8,13-14,22H,3,9-12H2,1-2H3. The summed E-state index contributed by atoms with van der Waals surface area (Å²) in [5, 5.41) is 4.85. The summed E-state index contributed by atoms with van der Waals surface area (Å²) in [4.78, 5) is 0. The molecule has 1 aliphatic rings. The second-order valence-corrected chi connectivity index (χ2v) is 6.41. The fourth-order valence-corrected chi connectivity index (χ4v) is 3.84. The first kappa shape index (κ1) is 15.3. The molecule has 0 fully saturated rings. The fraction of sp³-hybridized carbons (Fsp3) is 0.333. The Morgan fingerprint density at radius 1 is 1.08 bits per heavy atom. The number of aromatic nitrogens is 1. The highest BCUT2D eigenvalue weighted by Crippen LogP contribution is 2.35. The van der Waals surface area contributed by atoms with Crippen molar-refractivity contribution in [2.45, 2.75) is 26.3 Å². The molecule has 0 bridgehead atoms. The lowest BCUT2D eigenvalue weighted by Crippen LogP contribution is -2.17. The number of nitrogens with zero attached hydrogens (tertiary/aromatic N) is 1. The van der Waals surface area contributed by atoms with Gasteiger partial charge in [0.25, 0.3) is 0 Å². The van der Waals surface area contributed by atoms with E-state index in [9.17, 15) is 0 Å². The van der Waals surface area contributed by atoms with Crippen LogP contribution in [0.25, 0.3) is 22.0 Å². The number of methoxy groups -OCH3 is 1. The van der Waals surface area contributed by atoms with Gasteiger partial charge in [0.1, 0.15) is 5.75 Å². The first-order chi connectivity index (χ1) is 11.8. The van der Waals surface area contributed by atoms with Gasteiger partial charge in [-0.1, -0.05) is 31.2 Å². The maximum atomic E-state index is 5.41. The minimum Gasteiger partial charge on any atom is -0.497 e. The van der Waals surface area contributed by atoms with Gasteiger partial charge < -0.3 is 14.6 Å². The van der Waals surface area contributed by atoms with Crippen LogP contribution in [0.15, 0.2) is 42.5 Å². The molecule has 0 radical (unpaired) electrons. The Labute approximate surface area is 143 Å². The molecule has 2 heterocycles. The summed E-state index contributed by atoms with van der Waals surface area (Å²) in [5.41, 5.74) is 6.80. The maximum Gasteiger partial charge on any atom is 0.119 e. The lowest BCUT2D eigenvalue weighted by molar-refractivity contribution is 0.414. The Balaban J connectivity index is 1.96. The van der Waals surface area contributed by atoms with Gasteiger partial charge in [-0.3, -0.25) is 0 Å². The highest BCUT2D eigenvalue weighted by molar-refractivity contribution is 5.96. The molecule has 0 saturated heterocycles. The van der Waals surface area contributed by atoms with Crippen LogP contribution in [0.2, 0.25) is 0 Å². The molecule has 0 atom stereocenters. The van der Waals surface area contributed by atoms with E-state index in [0.29, 0.717) is 0 Å². The molecule has 1 N–H and O–H groups in total. The number of hydrogen-bond acceptors (Lipinski definition) is 2. The third-order valence-corrected chi connectivity index (χ3v) is 5.06. The van der Waals surface area contributed by atoms with Crippen molar-refractivity contribution in [2.75, 3.05) is 20.2 Å². The average Bonchev–Trinajstić information content (AvgIpc) is 2.82. The second-order valence-electron chi connectivity index (χ2n) is 6.41. The number of aryl methyl sites for hydroxylation is 1. The van der Waals surface area contributed by atoms with Crippen LogP contribution in [0.4, 0.5) is 0 Å².